The first kappa shape index (κ1) is 10.5. The third-order valence-corrected chi connectivity index (χ3v) is 3.37. The molecule has 1 aliphatic carbocycles. The first-order valence-corrected chi connectivity index (χ1v) is 5.88. The van der Waals surface area contributed by atoms with Gasteiger partial charge in [-0.2, -0.15) is 5.10 Å². The van der Waals surface area contributed by atoms with Gasteiger partial charge in [0.2, 0.25) is 5.96 Å². The minimum absolute atomic E-state index is 0.298. The van der Waals surface area contributed by atoms with Gasteiger partial charge in [0, 0.05) is 18.2 Å². The normalized spacial score (nSPS) is 25.1. The Morgan fingerprint density at radius 2 is 2.20 bits per heavy atom. The summed E-state index contributed by atoms with van der Waals surface area (Å²) in [6.45, 7) is 3.65. The number of hydrogen-bond acceptors (Lipinski definition) is 2. The quantitative estimate of drug-likeness (QED) is 0.525. The van der Waals surface area contributed by atoms with Crippen molar-refractivity contribution in [2.75, 3.05) is 13.1 Å². The van der Waals surface area contributed by atoms with E-state index in [-0.39, 0.29) is 0 Å². The molecule has 1 heterocycles. The van der Waals surface area contributed by atoms with Crippen LogP contribution in [-0.2, 0) is 0 Å². The molecule has 2 N–H and O–H groups in total. The molecule has 0 amide bonds. The lowest BCUT2D eigenvalue weighted by atomic mass is 9.75. The molecule has 0 radical (unpaired) electrons. The molecule has 0 aromatic heterocycles. The predicted octanol–water partition coefficient (Wildman–Crippen LogP) is 1.57. The first-order chi connectivity index (χ1) is 7.26. The van der Waals surface area contributed by atoms with Crippen LogP contribution in [0.4, 0.5) is 0 Å². The van der Waals surface area contributed by atoms with E-state index in [1.807, 2.05) is 11.9 Å². The lowest BCUT2D eigenvalue weighted by Crippen LogP contribution is -2.38. The van der Waals surface area contributed by atoms with Crippen molar-refractivity contribution >= 4 is 12.2 Å². The molecule has 1 saturated carbocycles. The SMILES string of the molecule is CCN=C(N)N1CC2(C=N1)CCCCC2. The van der Waals surface area contributed by atoms with Gasteiger partial charge < -0.3 is 5.73 Å². The summed E-state index contributed by atoms with van der Waals surface area (Å²) in [5.41, 5.74) is 6.14. The van der Waals surface area contributed by atoms with E-state index in [0.29, 0.717) is 11.4 Å². The van der Waals surface area contributed by atoms with E-state index < -0.39 is 0 Å². The number of aliphatic imine (C=N–C) groups is 1. The zero-order valence-electron chi connectivity index (χ0n) is 9.45. The molecule has 0 aromatic rings. The Labute approximate surface area is 91.2 Å². The summed E-state index contributed by atoms with van der Waals surface area (Å²) < 4.78 is 0. The number of hydrogen-bond donors (Lipinski definition) is 1. The Hall–Kier alpha value is -1.06. The van der Waals surface area contributed by atoms with Crippen LogP contribution < -0.4 is 5.73 Å². The second kappa shape index (κ2) is 4.21. The van der Waals surface area contributed by atoms with Crippen molar-refractivity contribution in [2.45, 2.75) is 39.0 Å². The van der Waals surface area contributed by atoms with Crippen molar-refractivity contribution in [3.05, 3.63) is 0 Å². The van der Waals surface area contributed by atoms with Crippen LogP contribution in [0.1, 0.15) is 39.0 Å². The summed E-state index contributed by atoms with van der Waals surface area (Å²) in [7, 11) is 0. The largest absolute Gasteiger partial charge is 0.368 e. The monoisotopic (exact) mass is 208 g/mol. The predicted molar refractivity (Wildman–Crippen MR) is 62.9 cm³/mol. The Morgan fingerprint density at radius 3 is 2.87 bits per heavy atom. The molecule has 1 spiro atoms. The smallest absolute Gasteiger partial charge is 0.212 e. The number of nitrogens with zero attached hydrogens (tertiary/aromatic N) is 3. The van der Waals surface area contributed by atoms with E-state index in [9.17, 15) is 0 Å². The van der Waals surface area contributed by atoms with Crippen LogP contribution in [-0.4, -0.2) is 30.3 Å². The highest BCUT2D eigenvalue weighted by Gasteiger charge is 2.37. The summed E-state index contributed by atoms with van der Waals surface area (Å²) in [6.07, 6.45) is 8.63. The molecule has 4 nitrogen and oxygen atoms in total. The molecule has 84 valence electrons. The van der Waals surface area contributed by atoms with Crippen LogP contribution in [0.25, 0.3) is 0 Å². The van der Waals surface area contributed by atoms with E-state index in [4.69, 9.17) is 5.73 Å². The van der Waals surface area contributed by atoms with E-state index in [1.54, 1.807) is 0 Å². The van der Waals surface area contributed by atoms with Gasteiger partial charge in [-0.15, -0.1) is 0 Å². The molecular weight excluding hydrogens is 188 g/mol. The van der Waals surface area contributed by atoms with Gasteiger partial charge in [0.25, 0.3) is 0 Å². The van der Waals surface area contributed by atoms with Crippen LogP contribution in [0.2, 0.25) is 0 Å². The third-order valence-electron chi connectivity index (χ3n) is 3.37. The second-order valence-electron chi connectivity index (χ2n) is 4.56. The van der Waals surface area contributed by atoms with Gasteiger partial charge in [-0.3, -0.25) is 4.99 Å². The van der Waals surface area contributed by atoms with E-state index in [2.05, 4.69) is 16.3 Å². The Balaban J connectivity index is 2.00. The van der Waals surface area contributed by atoms with Crippen LogP contribution in [0.15, 0.2) is 10.1 Å². The maximum absolute atomic E-state index is 5.84. The van der Waals surface area contributed by atoms with Crippen molar-refractivity contribution in [3.8, 4) is 0 Å². The Bertz CT molecular complexity index is 276. The van der Waals surface area contributed by atoms with Crippen molar-refractivity contribution in [2.24, 2.45) is 21.2 Å². The molecule has 2 aliphatic rings. The van der Waals surface area contributed by atoms with Crippen molar-refractivity contribution in [3.63, 3.8) is 0 Å². The fourth-order valence-corrected chi connectivity index (χ4v) is 2.50. The summed E-state index contributed by atoms with van der Waals surface area (Å²) in [6, 6.07) is 0. The highest BCUT2D eigenvalue weighted by atomic mass is 15.5. The van der Waals surface area contributed by atoms with Gasteiger partial charge in [0.05, 0.1) is 6.54 Å². The third kappa shape index (κ3) is 2.13. The van der Waals surface area contributed by atoms with Crippen molar-refractivity contribution in [1.29, 1.82) is 0 Å². The summed E-state index contributed by atoms with van der Waals surface area (Å²) in [5, 5.41) is 6.24. The molecule has 0 unspecified atom stereocenters. The van der Waals surface area contributed by atoms with Gasteiger partial charge in [0.15, 0.2) is 0 Å². The Morgan fingerprint density at radius 1 is 1.47 bits per heavy atom. The molecule has 1 fully saturated rings. The van der Waals surface area contributed by atoms with E-state index >= 15 is 0 Å². The lowest BCUT2D eigenvalue weighted by molar-refractivity contribution is 0.254. The molecule has 0 aromatic carbocycles. The molecule has 15 heavy (non-hydrogen) atoms. The van der Waals surface area contributed by atoms with Gasteiger partial charge in [-0.1, -0.05) is 19.3 Å². The van der Waals surface area contributed by atoms with E-state index in [0.717, 1.165) is 13.1 Å². The fraction of sp³-hybridized carbons (Fsp3) is 0.818. The van der Waals surface area contributed by atoms with Gasteiger partial charge in [-0.05, 0) is 19.8 Å². The Kier molecular flexibility index (Phi) is 2.93. The van der Waals surface area contributed by atoms with Crippen molar-refractivity contribution < 1.29 is 0 Å². The van der Waals surface area contributed by atoms with Gasteiger partial charge >= 0.3 is 0 Å². The highest BCUT2D eigenvalue weighted by molar-refractivity contribution is 5.82. The summed E-state index contributed by atoms with van der Waals surface area (Å²) >= 11 is 0. The van der Waals surface area contributed by atoms with Crippen LogP contribution in [0.3, 0.4) is 0 Å². The number of rotatable bonds is 1. The average molecular weight is 208 g/mol. The number of guanidine groups is 1. The molecule has 0 bridgehead atoms. The zero-order chi connectivity index (χ0) is 10.7. The average Bonchev–Trinajstić information content (AvgIpc) is 2.64. The van der Waals surface area contributed by atoms with Gasteiger partial charge in [0.1, 0.15) is 0 Å². The van der Waals surface area contributed by atoms with Crippen LogP contribution in [0, 0.1) is 5.41 Å². The molecule has 0 saturated heterocycles. The molecule has 4 heteroatoms. The lowest BCUT2D eigenvalue weighted by Gasteiger charge is -2.31. The zero-order valence-corrected chi connectivity index (χ0v) is 9.45. The number of hydrazone groups is 1. The summed E-state index contributed by atoms with van der Waals surface area (Å²) in [5.74, 6) is 0.566. The second-order valence-corrected chi connectivity index (χ2v) is 4.56. The maximum Gasteiger partial charge on any atom is 0.212 e. The molecule has 2 rings (SSSR count). The molecule has 0 atom stereocenters. The van der Waals surface area contributed by atoms with Crippen LogP contribution >= 0.6 is 0 Å². The molecular formula is C11H20N4. The number of nitrogens with two attached hydrogens (primary N) is 1. The van der Waals surface area contributed by atoms with Gasteiger partial charge in [-0.25, -0.2) is 5.01 Å². The highest BCUT2D eigenvalue weighted by Crippen LogP contribution is 2.38. The minimum Gasteiger partial charge on any atom is -0.368 e. The van der Waals surface area contributed by atoms with E-state index in [1.165, 1.54) is 32.1 Å². The maximum atomic E-state index is 5.84. The minimum atomic E-state index is 0.298. The summed E-state index contributed by atoms with van der Waals surface area (Å²) in [4.78, 5) is 4.19. The topological polar surface area (TPSA) is 54.0 Å². The van der Waals surface area contributed by atoms with Crippen LogP contribution in [0.5, 0.6) is 0 Å². The van der Waals surface area contributed by atoms with Crippen molar-refractivity contribution in [1.82, 2.24) is 5.01 Å². The standard InChI is InChI=1S/C11H20N4/c1-2-13-10(12)15-9-11(8-14-15)6-4-3-5-7-11/h8H,2-7,9H2,1H3,(H2,12,13). The fourth-order valence-electron chi connectivity index (χ4n) is 2.50. The first-order valence-electron chi connectivity index (χ1n) is 5.88. The molecule has 1 aliphatic heterocycles.